The Morgan fingerprint density at radius 1 is 1.10 bits per heavy atom. The van der Waals surface area contributed by atoms with Gasteiger partial charge in [-0.2, -0.15) is 0 Å². The molecular weight excluding hydrogens is 378 g/mol. The fraction of sp³-hybridized carbons (Fsp3) is 0.217. The molecule has 152 valence electrons. The molecule has 3 N–H and O–H groups in total. The minimum absolute atomic E-state index is 0.0927. The summed E-state index contributed by atoms with van der Waals surface area (Å²) in [4.78, 5) is 30.9. The molecule has 0 bridgehead atoms. The van der Waals surface area contributed by atoms with E-state index in [-0.39, 0.29) is 34.9 Å². The molecule has 3 heterocycles. The van der Waals surface area contributed by atoms with Crippen molar-refractivity contribution < 1.29 is 9.36 Å². The predicted octanol–water partition coefficient (Wildman–Crippen LogP) is 2.79. The number of anilines is 1. The fourth-order valence-electron chi connectivity index (χ4n) is 3.67. The molecule has 0 aliphatic heterocycles. The average molecular weight is 402 g/mol. The van der Waals surface area contributed by atoms with Gasteiger partial charge in [-0.3, -0.25) is 14.0 Å². The number of carbonyl (C=O) groups is 1. The van der Waals surface area contributed by atoms with E-state index in [0.29, 0.717) is 16.7 Å². The normalized spacial score (nSPS) is 12.4. The van der Waals surface area contributed by atoms with Gasteiger partial charge in [-0.15, -0.1) is 0 Å². The second-order valence-corrected chi connectivity index (χ2v) is 7.60. The summed E-state index contributed by atoms with van der Waals surface area (Å²) in [7, 11) is 0. The standard InChI is InChI=1S/C23H23N5O2/c1-14(2)28-20(24)17(22(29)25-15(3)16-9-5-4-6-10-16)13-18-21(28)26-19-11-7-8-12-27(19)23(18)30/h4-15,24H,1-3H3,(H,25,29)/p+1/t15-/m0/s1. The molecule has 7 nitrogen and oxygen atoms in total. The molecular formula is C23H24N5O2+. The van der Waals surface area contributed by atoms with Gasteiger partial charge in [-0.1, -0.05) is 41.4 Å². The molecule has 0 saturated heterocycles. The lowest BCUT2D eigenvalue weighted by molar-refractivity contribution is -0.679. The summed E-state index contributed by atoms with van der Waals surface area (Å²) in [6.07, 6.45) is 1.66. The largest absolute Gasteiger partial charge is 0.345 e. The number of aromatic nitrogens is 3. The van der Waals surface area contributed by atoms with E-state index < -0.39 is 0 Å². The summed E-state index contributed by atoms with van der Waals surface area (Å²) in [5.41, 5.74) is 8.40. The molecule has 0 unspecified atom stereocenters. The summed E-state index contributed by atoms with van der Waals surface area (Å²) in [6.45, 7) is 5.79. The zero-order valence-corrected chi connectivity index (χ0v) is 17.2. The van der Waals surface area contributed by atoms with Gasteiger partial charge in [0, 0.05) is 6.20 Å². The van der Waals surface area contributed by atoms with Crippen LogP contribution in [0, 0.1) is 0 Å². The van der Waals surface area contributed by atoms with Crippen molar-refractivity contribution in [2.45, 2.75) is 32.9 Å². The lowest BCUT2D eigenvalue weighted by Gasteiger charge is -2.17. The number of fused-ring (bicyclic) bond motifs is 2. The minimum atomic E-state index is -0.335. The summed E-state index contributed by atoms with van der Waals surface area (Å²) in [6, 6.07) is 16.3. The van der Waals surface area contributed by atoms with Crippen LogP contribution in [-0.4, -0.2) is 15.3 Å². The molecule has 1 amide bonds. The van der Waals surface area contributed by atoms with Gasteiger partial charge < -0.3 is 11.1 Å². The zero-order chi connectivity index (χ0) is 21.4. The van der Waals surface area contributed by atoms with Gasteiger partial charge in [0.15, 0.2) is 0 Å². The number of nitrogens with two attached hydrogens (primary N) is 1. The molecule has 30 heavy (non-hydrogen) atoms. The zero-order valence-electron chi connectivity index (χ0n) is 17.2. The van der Waals surface area contributed by atoms with Crippen LogP contribution in [-0.2, 0) is 0 Å². The Labute approximate surface area is 173 Å². The molecule has 0 spiro atoms. The van der Waals surface area contributed by atoms with Crippen LogP contribution >= 0.6 is 0 Å². The van der Waals surface area contributed by atoms with E-state index in [0.717, 1.165) is 5.56 Å². The highest BCUT2D eigenvalue weighted by molar-refractivity contribution is 6.00. The Morgan fingerprint density at radius 2 is 1.80 bits per heavy atom. The first-order valence-electron chi connectivity index (χ1n) is 9.89. The van der Waals surface area contributed by atoms with Crippen molar-refractivity contribution in [2.24, 2.45) is 0 Å². The maximum absolute atomic E-state index is 13.1. The SMILES string of the molecule is CC(C)[n+]1c(N)c(C(=O)N[C@@H](C)c2ccccc2)cc2c(=O)n3ccccc3nc21. The number of nitrogens with one attached hydrogen (secondary N) is 1. The van der Waals surface area contributed by atoms with Crippen molar-refractivity contribution in [1.82, 2.24) is 14.7 Å². The van der Waals surface area contributed by atoms with Crippen LogP contribution in [0.2, 0.25) is 0 Å². The molecule has 0 fully saturated rings. The number of nitrogen functional groups attached to an aromatic ring is 1. The van der Waals surface area contributed by atoms with Crippen molar-refractivity contribution in [3.8, 4) is 0 Å². The second kappa shape index (κ2) is 7.59. The first kappa shape index (κ1) is 19.6. The monoisotopic (exact) mass is 402 g/mol. The van der Waals surface area contributed by atoms with Crippen molar-refractivity contribution in [2.75, 3.05) is 5.73 Å². The van der Waals surface area contributed by atoms with Crippen LogP contribution in [0.25, 0.3) is 16.7 Å². The number of amides is 1. The van der Waals surface area contributed by atoms with E-state index >= 15 is 0 Å². The highest BCUT2D eigenvalue weighted by Crippen LogP contribution is 2.19. The molecule has 7 heteroatoms. The number of nitrogens with zero attached hydrogens (tertiary/aromatic N) is 3. The Balaban J connectivity index is 1.89. The highest BCUT2D eigenvalue weighted by Gasteiger charge is 2.26. The molecule has 0 aliphatic rings. The third-order valence-electron chi connectivity index (χ3n) is 5.21. The molecule has 0 radical (unpaired) electrons. The van der Waals surface area contributed by atoms with E-state index in [1.807, 2.05) is 57.2 Å². The molecule has 1 aromatic carbocycles. The van der Waals surface area contributed by atoms with Gasteiger partial charge in [-0.25, -0.2) is 4.57 Å². The Hall–Kier alpha value is -3.74. The van der Waals surface area contributed by atoms with Gasteiger partial charge in [-0.05, 0) is 44.5 Å². The van der Waals surface area contributed by atoms with Crippen LogP contribution in [0.15, 0.2) is 65.6 Å². The van der Waals surface area contributed by atoms with Gasteiger partial charge in [0.25, 0.3) is 17.1 Å². The Kier molecular flexibility index (Phi) is 4.95. The van der Waals surface area contributed by atoms with Crippen LogP contribution < -0.4 is 21.2 Å². The number of hydrogen-bond donors (Lipinski definition) is 2. The van der Waals surface area contributed by atoms with E-state index in [2.05, 4.69) is 10.3 Å². The topological polar surface area (TPSA) is 93.4 Å². The Morgan fingerprint density at radius 3 is 2.50 bits per heavy atom. The Bertz CT molecular complexity index is 1310. The van der Waals surface area contributed by atoms with Crippen molar-refractivity contribution in [1.29, 1.82) is 0 Å². The molecule has 0 saturated carbocycles. The first-order valence-corrected chi connectivity index (χ1v) is 9.89. The van der Waals surface area contributed by atoms with E-state index in [1.54, 1.807) is 29.0 Å². The lowest BCUT2D eigenvalue weighted by Crippen LogP contribution is -2.44. The maximum atomic E-state index is 13.1. The molecule has 0 aliphatic carbocycles. The van der Waals surface area contributed by atoms with Crippen molar-refractivity contribution >= 4 is 28.4 Å². The predicted molar refractivity (Wildman–Crippen MR) is 116 cm³/mol. The fourth-order valence-corrected chi connectivity index (χ4v) is 3.67. The van der Waals surface area contributed by atoms with Crippen LogP contribution in [0.5, 0.6) is 0 Å². The number of pyridine rings is 2. The van der Waals surface area contributed by atoms with E-state index in [9.17, 15) is 9.59 Å². The summed E-state index contributed by atoms with van der Waals surface area (Å²) < 4.78 is 3.21. The molecule has 4 aromatic rings. The van der Waals surface area contributed by atoms with Crippen LogP contribution in [0.4, 0.5) is 5.82 Å². The number of rotatable bonds is 4. The summed E-state index contributed by atoms with van der Waals surface area (Å²) in [5, 5.41) is 3.33. The summed E-state index contributed by atoms with van der Waals surface area (Å²) >= 11 is 0. The van der Waals surface area contributed by atoms with Gasteiger partial charge in [0.2, 0.25) is 11.5 Å². The lowest BCUT2D eigenvalue weighted by atomic mass is 10.1. The third-order valence-corrected chi connectivity index (χ3v) is 5.21. The maximum Gasteiger partial charge on any atom is 0.278 e. The van der Waals surface area contributed by atoms with Crippen LogP contribution in [0.1, 0.15) is 48.8 Å². The summed E-state index contributed by atoms with van der Waals surface area (Å²) in [5.74, 6) is -0.0554. The van der Waals surface area contributed by atoms with Crippen molar-refractivity contribution in [3.63, 3.8) is 0 Å². The quantitative estimate of drug-likeness (QED) is 0.405. The number of hydrogen-bond acceptors (Lipinski definition) is 4. The minimum Gasteiger partial charge on any atom is -0.345 e. The van der Waals surface area contributed by atoms with E-state index in [4.69, 9.17) is 5.73 Å². The van der Waals surface area contributed by atoms with Gasteiger partial charge in [0.05, 0.1) is 12.1 Å². The van der Waals surface area contributed by atoms with Crippen LogP contribution in [0.3, 0.4) is 0 Å². The molecule has 3 aromatic heterocycles. The number of benzene rings is 1. The average Bonchev–Trinajstić information content (AvgIpc) is 2.74. The highest BCUT2D eigenvalue weighted by atomic mass is 16.2. The first-order chi connectivity index (χ1) is 14.4. The second-order valence-electron chi connectivity index (χ2n) is 7.60. The smallest absolute Gasteiger partial charge is 0.278 e. The van der Waals surface area contributed by atoms with Gasteiger partial charge in [0.1, 0.15) is 10.9 Å². The van der Waals surface area contributed by atoms with E-state index in [1.165, 1.54) is 4.40 Å². The van der Waals surface area contributed by atoms with Crippen molar-refractivity contribution in [3.05, 3.63) is 82.3 Å². The van der Waals surface area contributed by atoms with Gasteiger partial charge >= 0.3 is 0 Å². The number of carbonyl (C=O) groups excluding carboxylic acids is 1. The molecule has 1 atom stereocenters. The molecule has 4 rings (SSSR count). The third kappa shape index (κ3) is 3.28.